The van der Waals surface area contributed by atoms with Gasteiger partial charge in [0.1, 0.15) is 29.1 Å². The fraction of sp³-hybridized carbons (Fsp3) is 0.176. The van der Waals surface area contributed by atoms with E-state index < -0.39 is 5.82 Å². The van der Waals surface area contributed by atoms with Gasteiger partial charge in [0.05, 0.1) is 7.11 Å². The summed E-state index contributed by atoms with van der Waals surface area (Å²) < 4.78 is 19.3. The highest BCUT2D eigenvalue weighted by Crippen LogP contribution is 2.37. The van der Waals surface area contributed by atoms with Crippen molar-refractivity contribution in [1.29, 1.82) is 10.5 Å². The number of nitrogens with one attached hydrogen (secondary N) is 1. The molecule has 0 saturated heterocycles. The van der Waals surface area contributed by atoms with Gasteiger partial charge in [0.15, 0.2) is 5.82 Å². The van der Waals surface area contributed by atoms with Gasteiger partial charge in [-0.1, -0.05) is 25.1 Å². The lowest BCUT2D eigenvalue weighted by molar-refractivity contribution is -0.115. The van der Waals surface area contributed by atoms with E-state index >= 15 is 0 Å². The molecule has 1 heterocycles. The van der Waals surface area contributed by atoms with Crippen LogP contribution >= 0.6 is 0 Å². The highest BCUT2D eigenvalue weighted by atomic mass is 19.1. The molecule has 24 heavy (non-hydrogen) atoms. The summed E-state index contributed by atoms with van der Waals surface area (Å²) in [6, 6.07) is 9.52. The Hall–Kier alpha value is -3.45. The number of aromatic nitrogens is 1. The van der Waals surface area contributed by atoms with E-state index in [0.717, 1.165) is 0 Å². The fourth-order valence-corrected chi connectivity index (χ4v) is 2.17. The molecule has 0 aliphatic heterocycles. The maximum atomic E-state index is 14.2. The zero-order valence-electron chi connectivity index (χ0n) is 13.1. The summed E-state index contributed by atoms with van der Waals surface area (Å²) in [5.74, 6) is -1.14. The molecular formula is C17H13FN4O2. The van der Waals surface area contributed by atoms with Gasteiger partial charge in [0.2, 0.25) is 11.8 Å². The summed E-state index contributed by atoms with van der Waals surface area (Å²) >= 11 is 0. The Kier molecular flexibility index (Phi) is 5.08. The number of benzene rings is 1. The van der Waals surface area contributed by atoms with Crippen molar-refractivity contribution < 1.29 is 13.9 Å². The van der Waals surface area contributed by atoms with Crippen molar-refractivity contribution in [2.45, 2.75) is 13.3 Å². The van der Waals surface area contributed by atoms with Crippen LogP contribution in [0.15, 0.2) is 24.3 Å². The largest absolute Gasteiger partial charge is 0.480 e. The third-order valence-corrected chi connectivity index (χ3v) is 3.30. The highest BCUT2D eigenvalue weighted by Gasteiger charge is 2.24. The minimum Gasteiger partial charge on any atom is -0.480 e. The monoisotopic (exact) mass is 324 g/mol. The van der Waals surface area contributed by atoms with Crippen molar-refractivity contribution in [2.24, 2.45) is 0 Å². The number of rotatable bonds is 4. The van der Waals surface area contributed by atoms with Gasteiger partial charge in [0.25, 0.3) is 0 Å². The number of ether oxygens (including phenoxy) is 1. The molecule has 0 spiro atoms. The SMILES string of the molecule is CCC(=O)Nc1nc(OC)c(C#N)c(-c2ccccc2F)c1C#N. The van der Waals surface area contributed by atoms with Crippen LogP contribution in [0.5, 0.6) is 5.88 Å². The van der Waals surface area contributed by atoms with Gasteiger partial charge < -0.3 is 10.1 Å². The van der Waals surface area contributed by atoms with Crippen LogP contribution < -0.4 is 10.1 Å². The van der Waals surface area contributed by atoms with E-state index in [-0.39, 0.29) is 46.3 Å². The average molecular weight is 324 g/mol. The second kappa shape index (κ2) is 7.21. The van der Waals surface area contributed by atoms with E-state index in [0.29, 0.717) is 0 Å². The predicted molar refractivity (Wildman–Crippen MR) is 84.5 cm³/mol. The molecule has 2 rings (SSSR count). The lowest BCUT2D eigenvalue weighted by Gasteiger charge is -2.15. The molecule has 1 N–H and O–H groups in total. The first kappa shape index (κ1) is 16.9. The summed E-state index contributed by atoms with van der Waals surface area (Å²) in [4.78, 5) is 15.7. The number of hydrogen-bond acceptors (Lipinski definition) is 5. The van der Waals surface area contributed by atoms with E-state index in [9.17, 15) is 19.7 Å². The maximum absolute atomic E-state index is 14.2. The Balaban J connectivity index is 2.87. The van der Waals surface area contributed by atoms with Gasteiger partial charge in [0, 0.05) is 17.5 Å². The molecule has 2 aromatic rings. The smallest absolute Gasteiger partial charge is 0.234 e. The molecular weight excluding hydrogens is 311 g/mol. The van der Waals surface area contributed by atoms with Crippen LogP contribution in [0.25, 0.3) is 11.1 Å². The molecule has 0 bridgehead atoms. The molecule has 0 fully saturated rings. The predicted octanol–water partition coefficient (Wildman–Crippen LogP) is 2.99. The molecule has 1 aromatic carbocycles. The molecule has 0 unspecified atom stereocenters. The van der Waals surface area contributed by atoms with E-state index in [4.69, 9.17) is 4.74 Å². The lowest BCUT2D eigenvalue weighted by Crippen LogP contribution is -2.14. The third kappa shape index (κ3) is 3.01. The average Bonchev–Trinajstić information content (AvgIpc) is 2.60. The molecule has 120 valence electrons. The third-order valence-electron chi connectivity index (χ3n) is 3.30. The normalized spacial score (nSPS) is 9.71. The number of anilines is 1. The summed E-state index contributed by atoms with van der Waals surface area (Å²) in [6.07, 6.45) is 0.171. The van der Waals surface area contributed by atoms with Crippen molar-refractivity contribution >= 4 is 11.7 Å². The summed E-state index contributed by atoms with van der Waals surface area (Å²) in [6.45, 7) is 1.64. The van der Waals surface area contributed by atoms with Crippen molar-refractivity contribution in [2.75, 3.05) is 12.4 Å². The number of halogens is 1. The van der Waals surface area contributed by atoms with Gasteiger partial charge in [-0.15, -0.1) is 0 Å². The topological polar surface area (TPSA) is 98.8 Å². The number of hydrogen-bond donors (Lipinski definition) is 1. The van der Waals surface area contributed by atoms with Crippen LogP contribution in [-0.4, -0.2) is 18.0 Å². The Labute approximate surface area is 138 Å². The molecule has 7 heteroatoms. The van der Waals surface area contributed by atoms with Crippen molar-refractivity contribution in [3.63, 3.8) is 0 Å². The van der Waals surface area contributed by atoms with Crippen LogP contribution in [0.3, 0.4) is 0 Å². The fourth-order valence-electron chi connectivity index (χ4n) is 2.17. The van der Waals surface area contributed by atoms with E-state index in [1.165, 1.54) is 25.3 Å². The second-order valence-electron chi connectivity index (χ2n) is 4.70. The molecule has 0 atom stereocenters. The summed E-state index contributed by atoms with van der Waals surface area (Å²) in [5.41, 5.74) is -0.0810. The Bertz CT molecular complexity index is 881. The number of methoxy groups -OCH3 is 1. The minimum absolute atomic E-state index is 0.0383. The number of carbonyl (C=O) groups is 1. The number of carbonyl (C=O) groups excluding carboxylic acids is 1. The van der Waals surface area contributed by atoms with Gasteiger partial charge in [-0.3, -0.25) is 4.79 Å². The molecule has 0 aliphatic carbocycles. The van der Waals surface area contributed by atoms with Crippen molar-refractivity contribution in [1.82, 2.24) is 4.98 Å². The number of nitriles is 2. The standard InChI is InChI=1S/C17H13FN4O2/c1-3-14(23)21-16-11(8-19)15(10-6-4-5-7-13(10)18)12(9-20)17(22-16)24-2/h4-7H,3H2,1-2H3,(H,21,22,23). The highest BCUT2D eigenvalue weighted by molar-refractivity contribution is 5.94. The quantitative estimate of drug-likeness (QED) is 0.932. The van der Waals surface area contributed by atoms with Gasteiger partial charge in [-0.2, -0.15) is 15.5 Å². The first-order chi connectivity index (χ1) is 11.6. The van der Waals surface area contributed by atoms with Crippen LogP contribution in [0, 0.1) is 28.5 Å². The summed E-state index contributed by atoms with van der Waals surface area (Å²) in [5, 5.41) is 21.4. The van der Waals surface area contributed by atoms with Crippen molar-refractivity contribution in [3.8, 4) is 29.1 Å². The number of amides is 1. The van der Waals surface area contributed by atoms with Crippen molar-refractivity contribution in [3.05, 3.63) is 41.2 Å². The van der Waals surface area contributed by atoms with Crippen LogP contribution in [-0.2, 0) is 4.79 Å². The summed E-state index contributed by atoms with van der Waals surface area (Å²) in [7, 11) is 1.30. The molecule has 0 radical (unpaired) electrons. The zero-order valence-corrected chi connectivity index (χ0v) is 13.1. The van der Waals surface area contributed by atoms with Crippen LogP contribution in [0.4, 0.5) is 10.2 Å². The van der Waals surface area contributed by atoms with Crippen LogP contribution in [0.2, 0.25) is 0 Å². The molecule has 0 saturated carbocycles. The minimum atomic E-state index is -0.605. The number of nitrogens with zero attached hydrogens (tertiary/aromatic N) is 3. The van der Waals surface area contributed by atoms with Gasteiger partial charge in [-0.05, 0) is 6.07 Å². The second-order valence-corrected chi connectivity index (χ2v) is 4.70. The lowest BCUT2D eigenvalue weighted by atomic mass is 9.96. The number of pyridine rings is 1. The molecule has 1 aromatic heterocycles. The molecule has 1 amide bonds. The first-order valence-electron chi connectivity index (χ1n) is 7.04. The van der Waals surface area contributed by atoms with E-state index in [1.54, 1.807) is 13.0 Å². The van der Waals surface area contributed by atoms with E-state index in [2.05, 4.69) is 10.3 Å². The Morgan fingerprint density at radius 2 is 1.96 bits per heavy atom. The Morgan fingerprint density at radius 1 is 1.29 bits per heavy atom. The van der Waals surface area contributed by atoms with Gasteiger partial charge >= 0.3 is 0 Å². The van der Waals surface area contributed by atoms with E-state index in [1.807, 2.05) is 12.1 Å². The Morgan fingerprint density at radius 3 is 2.50 bits per heavy atom. The zero-order chi connectivity index (χ0) is 17.7. The maximum Gasteiger partial charge on any atom is 0.234 e. The first-order valence-corrected chi connectivity index (χ1v) is 7.04. The van der Waals surface area contributed by atoms with Gasteiger partial charge in [-0.25, -0.2) is 4.39 Å². The van der Waals surface area contributed by atoms with Crippen LogP contribution in [0.1, 0.15) is 24.5 Å². The molecule has 6 nitrogen and oxygen atoms in total. The molecule has 0 aliphatic rings.